The molecule has 0 aliphatic carbocycles. The Labute approximate surface area is 246 Å². The largest absolute Gasteiger partial charge is 0.460 e. The molecule has 1 heterocycles. The van der Waals surface area contributed by atoms with E-state index < -0.39 is 23.5 Å². The third-order valence-corrected chi connectivity index (χ3v) is 6.30. The van der Waals surface area contributed by atoms with Crippen molar-refractivity contribution >= 4 is 41.2 Å². The molecule has 4 amide bonds. The van der Waals surface area contributed by atoms with Crippen LogP contribution in [-0.4, -0.2) is 70.8 Å². The second kappa shape index (κ2) is 17.0. The third kappa shape index (κ3) is 13.5. The van der Waals surface area contributed by atoms with Gasteiger partial charge in [0.15, 0.2) is 11.6 Å². The molecule has 42 heavy (non-hydrogen) atoms. The van der Waals surface area contributed by atoms with Crippen molar-refractivity contribution in [2.45, 2.75) is 90.2 Å². The Balaban J connectivity index is 1.71. The van der Waals surface area contributed by atoms with E-state index in [4.69, 9.17) is 4.74 Å². The molecule has 2 N–H and O–H groups in total. The predicted molar refractivity (Wildman–Crippen MR) is 154 cm³/mol. The number of carbonyl (C=O) groups is 7. The lowest BCUT2D eigenvalue weighted by atomic mass is 9.99. The fourth-order valence-corrected chi connectivity index (χ4v) is 4.16. The molecule has 1 aliphatic heterocycles. The lowest BCUT2D eigenvalue weighted by molar-refractivity contribution is -0.155. The van der Waals surface area contributed by atoms with Crippen LogP contribution in [0.5, 0.6) is 0 Å². The van der Waals surface area contributed by atoms with E-state index in [9.17, 15) is 33.6 Å². The average Bonchev–Trinajstić information content (AvgIpc) is 3.25. The molecule has 1 aromatic rings. The summed E-state index contributed by atoms with van der Waals surface area (Å²) in [5.74, 6) is -2.59. The molecule has 1 aromatic carbocycles. The van der Waals surface area contributed by atoms with E-state index in [1.807, 2.05) is 30.3 Å². The van der Waals surface area contributed by atoms with E-state index in [2.05, 4.69) is 10.6 Å². The Bertz CT molecular complexity index is 1150. The van der Waals surface area contributed by atoms with Crippen LogP contribution < -0.4 is 10.6 Å². The molecule has 0 saturated heterocycles. The van der Waals surface area contributed by atoms with Gasteiger partial charge in [-0.05, 0) is 45.6 Å². The highest BCUT2D eigenvalue weighted by atomic mass is 16.6. The number of hydrogen-bond acceptors (Lipinski definition) is 8. The summed E-state index contributed by atoms with van der Waals surface area (Å²) in [6.45, 7) is 5.31. The molecule has 1 atom stereocenters. The Morgan fingerprint density at radius 1 is 0.810 bits per heavy atom. The lowest BCUT2D eigenvalue weighted by Crippen LogP contribution is -2.43. The Morgan fingerprint density at radius 3 is 2.12 bits per heavy atom. The molecule has 0 bridgehead atoms. The van der Waals surface area contributed by atoms with Crippen LogP contribution in [-0.2, 0) is 44.7 Å². The maximum Gasteiger partial charge on any atom is 0.306 e. The number of unbranched alkanes of at least 4 members (excludes halogenated alkanes) is 2. The van der Waals surface area contributed by atoms with Gasteiger partial charge in [0.05, 0.1) is 19.0 Å². The highest BCUT2D eigenvalue weighted by molar-refractivity contribution is 6.12. The van der Waals surface area contributed by atoms with Crippen molar-refractivity contribution in [1.29, 1.82) is 0 Å². The van der Waals surface area contributed by atoms with Crippen LogP contribution >= 0.6 is 0 Å². The number of imide groups is 1. The molecule has 0 aromatic heterocycles. The van der Waals surface area contributed by atoms with Gasteiger partial charge in [-0.25, -0.2) is 0 Å². The zero-order valence-corrected chi connectivity index (χ0v) is 24.6. The second-order valence-electron chi connectivity index (χ2n) is 11.2. The third-order valence-electron chi connectivity index (χ3n) is 6.30. The highest BCUT2D eigenvalue weighted by Crippen LogP contribution is 2.12. The first-order valence-electron chi connectivity index (χ1n) is 14.2. The van der Waals surface area contributed by atoms with Crippen LogP contribution in [0.4, 0.5) is 0 Å². The Hall–Kier alpha value is -4.15. The van der Waals surface area contributed by atoms with Gasteiger partial charge < -0.3 is 15.4 Å². The van der Waals surface area contributed by atoms with Crippen molar-refractivity contribution in [1.82, 2.24) is 15.5 Å². The van der Waals surface area contributed by atoms with E-state index >= 15 is 0 Å². The van der Waals surface area contributed by atoms with Crippen molar-refractivity contribution in [3.63, 3.8) is 0 Å². The standard InChI is InChI=1S/C31H41N3O8/c1-31(2,3)42-30(41)18-14-25(36)24(20-22-10-6-4-7-11-22)33-27(38)15-13-23(35)21-32-26(37)12-8-5-9-19-34-28(39)16-17-29(34)40/h4,6-7,10-11,16-17,24H,5,8-9,12-15,18-21H2,1-3H3,(H,32,37)(H,33,38)/t24-/m0/s1. The SMILES string of the molecule is CC(C)(C)OC(=O)CCC(=O)[C@H](Cc1ccccc1)NC(=O)CCC(=O)CNC(=O)CCCCCN1C(=O)C=CC1=O. The molecule has 0 fully saturated rings. The zero-order chi connectivity index (χ0) is 31.1. The summed E-state index contributed by atoms with van der Waals surface area (Å²) in [5, 5.41) is 5.23. The van der Waals surface area contributed by atoms with Crippen LogP contribution in [0.3, 0.4) is 0 Å². The summed E-state index contributed by atoms with van der Waals surface area (Å²) in [7, 11) is 0. The first kappa shape index (κ1) is 34.1. The fourth-order valence-electron chi connectivity index (χ4n) is 4.16. The van der Waals surface area contributed by atoms with Gasteiger partial charge in [-0.2, -0.15) is 0 Å². The first-order chi connectivity index (χ1) is 19.8. The highest BCUT2D eigenvalue weighted by Gasteiger charge is 2.24. The normalized spacial score (nSPS) is 13.5. The Kier molecular flexibility index (Phi) is 13.7. The van der Waals surface area contributed by atoms with Crippen molar-refractivity contribution in [2.24, 2.45) is 0 Å². The average molecular weight is 584 g/mol. The molecule has 11 heteroatoms. The number of nitrogens with zero attached hydrogens (tertiary/aromatic N) is 1. The van der Waals surface area contributed by atoms with Crippen molar-refractivity contribution in [2.75, 3.05) is 13.1 Å². The predicted octanol–water partition coefficient (Wildman–Crippen LogP) is 2.36. The number of Topliss-reactive ketones (excluding diaryl/α,β-unsaturated/α-hetero) is 2. The van der Waals surface area contributed by atoms with Gasteiger partial charge in [0, 0.05) is 44.4 Å². The number of rotatable bonds is 18. The number of benzene rings is 1. The molecule has 11 nitrogen and oxygen atoms in total. The van der Waals surface area contributed by atoms with Crippen LogP contribution in [0.25, 0.3) is 0 Å². The smallest absolute Gasteiger partial charge is 0.306 e. The van der Waals surface area contributed by atoms with Gasteiger partial charge in [-0.15, -0.1) is 0 Å². The molecular formula is C31H41N3O8. The van der Waals surface area contributed by atoms with E-state index in [0.717, 1.165) is 10.5 Å². The summed E-state index contributed by atoms with van der Waals surface area (Å²) in [4.78, 5) is 86.1. The summed E-state index contributed by atoms with van der Waals surface area (Å²) in [5.41, 5.74) is 0.169. The van der Waals surface area contributed by atoms with Gasteiger partial charge in [0.1, 0.15) is 5.60 Å². The topological polar surface area (TPSA) is 156 Å². The summed E-state index contributed by atoms with van der Waals surface area (Å²) in [6, 6.07) is 8.28. The minimum absolute atomic E-state index is 0.0939. The molecule has 2 rings (SSSR count). The van der Waals surface area contributed by atoms with Gasteiger partial charge in [0.25, 0.3) is 11.8 Å². The monoisotopic (exact) mass is 583 g/mol. The number of carbonyl (C=O) groups excluding carboxylic acids is 7. The Morgan fingerprint density at radius 2 is 1.48 bits per heavy atom. The molecule has 228 valence electrons. The zero-order valence-electron chi connectivity index (χ0n) is 24.6. The van der Waals surface area contributed by atoms with Crippen LogP contribution in [0.15, 0.2) is 42.5 Å². The summed E-state index contributed by atoms with van der Waals surface area (Å²) in [6.07, 6.45) is 4.19. The maximum absolute atomic E-state index is 12.9. The second-order valence-corrected chi connectivity index (χ2v) is 11.2. The summed E-state index contributed by atoms with van der Waals surface area (Å²) >= 11 is 0. The number of hydrogen-bond donors (Lipinski definition) is 2. The van der Waals surface area contributed by atoms with Crippen molar-refractivity contribution in [3.8, 4) is 0 Å². The first-order valence-corrected chi connectivity index (χ1v) is 14.2. The molecule has 0 radical (unpaired) electrons. The van der Waals surface area contributed by atoms with Gasteiger partial charge in [-0.1, -0.05) is 36.8 Å². The van der Waals surface area contributed by atoms with Crippen LogP contribution in [0, 0.1) is 0 Å². The molecule has 0 saturated carbocycles. The number of esters is 1. The minimum Gasteiger partial charge on any atom is -0.460 e. The molecule has 1 aliphatic rings. The molecule has 0 unspecified atom stereocenters. The fraction of sp³-hybridized carbons (Fsp3) is 0.516. The van der Waals surface area contributed by atoms with Crippen molar-refractivity contribution < 1.29 is 38.3 Å². The number of ether oxygens (including phenoxy) is 1. The van der Waals surface area contributed by atoms with Crippen LogP contribution in [0.1, 0.15) is 77.7 Å². The van der Waals surface area contributed by atoms with E-state index in [1.165, 1.54) is 12.2 Å². The number of amides is 4. The van der Waals surface area contributed by atoms with Gasteiger partial charge in [0.2, 0.25) is 11.8 Å². The quantitative estimate of drug-likeness (QED) is 0.152. The van der Waals surface area contributed by atoms with E-state index in [1.54, 1.807) is 20.8 Å². The molecule has 0 spiro atoms. The van der Waals surface area contributed by atoms with Gasteiger partial charge >= 0.3 is 5.97 Å². The maximum atomic E-state index is 12.9. The van der Waals surface area contributed by atoms with Gasteiger partial charge in [-0.3, -0.25) is 38.5 Å². The minimum atomic E-state index is -0.866. The van der Waals surface area contributed by atoms with Crippen molar-refractivity contribution in [3.05, 3.63) is 48.0 Å². The number of nitrogens with one attached hydrogen (secondary N) is 2. The summed E-state index contributed by atoms with van der Waals surface area (Å²) < 4.78 is 5.26. The lowest BCUT2D eigenvalue weighted by Gasteiger charge is -2.20. The van der Waals surface area contributed by atoms with E-state index in [0.29, 0.717) is 25.8 Å². The van der Waals surface area contributed by atoms with E-state index in [-0.39, 0.29) is 74.4 Å². The molecular weight excluding hydrogens is 542 g/mol. The van der Waals surface area contributed by atoms with Crippen LogP contribution in [0.2, 0.25) is 0 Å². The number of ketones is 2.